The van der Waals surface area contributed by atoms with Gasteiger partial charge in [0.05, 0.1) is 10.2 Å². The molecule has 0 bridgehead atoms. The van der Waals surface area contributed by atoms with E-state index in [4.69, 9.17) is 7.85 Å². The molecule has 0 saturated carbocycles. The second-order valence-corrected chi connectivity index (χ2v) is 4.38. The van der Waals surface area contributed by atoms with E-state index in [9.17, 15) is 9.18 Å². The first-order chi connectivity index (χ1) is 8.10. The summed E-state index contributed by atoms with van der Waals surface area (Å²) in [5.74, 6) is -0.481. The van der Waals surface area contributed by atoms with Crippen molar-refractivity contribution < 1.29 is 9.18 Å². The Balaban J connectivity index is 2.29. The van der Waals surface area contributed by atoms with E-state index >= 15 is 0 Å². The molecule has 1 heterocycles. The Morgan fingerprint density at radius 3 is 3.06 bits per heavy atom. The second kappa shape index (κ2) is 4.71. The van der Waals surface area contributed by atoms with E-state index in [0.717, 1.165) is 0 Å². The molecule has 0 fully saturated rings. The molecule has 0 aliphatic rings. The zero-order chi connectivity index (χ0) is 12.4. The standard InChI is InChI=1S/C10H9BFN3OS/c1-2-13-9(16)15-10-14-7-3-5(11)6(12)4-8(7)17-10/h3-4H,2H2,1H3,(H2,13,14,15,16). The fraction of sp³-hybridized carbons (Fsp3) is 0.200. The van der Waals surface area contributed by atoms with E-state index in [-0.39, 0.29) is 11.5 Å². The predicted molar refractivity (Wildman–Crippen MR) is 67.7 cm³/mol. The lowest BCUT2D eigenvalue weighted by Gasteiger charge is -2.00. The number of halogens is 1. The number of hydrogen-bond acceptors (Lipinski definition) is 3. The summed E-state index contributed by atoms with van der Waals surface area (Å²) in [5.41, 5.74) is 0.619. The van der Waals surface area contributed by atoms with E-state index in [1.165, 1.54) is 23.5 Å². The molecule has 2 rings (SSSR count). The van der Waals surface area contributed by atoms with Gasteiger partial charge in [-0.2, -0.15) is 0 Å². The number of rotatable bonds is 2. The fourth-order valence-electron chi connectivity index (χ4n) is 1.32. The van der Waals surface area contributed by atoms with Gasteiger partial charge in [-0.3, -0.25) is 5.32 Å². The summed E-state index contributed by atoms with van der Waals surface area (Å²) in [6.45, 7) is 2.34. The number of hydrogen-bond donors (Lipinski definition) is 2. The van der Waals surface area contributed by atoms with Crippen LogP contribution in [0.5, 0.6) is 0 Å². The first-order valence-electron chi connectivity index (χ1n) is 5.00. The van der Waals surface area contributed by atoms with Crippen LogP contribution in [0.2, 0.25) is 0 Å². The highest BCUT2D eigenvalue weighted by Crippen LogP contribution is 2.25. The molecule has 0 saturated heterocycles. The Bertz CT molecular complexity index is 533. The van der Waals surface area contributed by atoms with E-state index < -0.39 is 5.82 Å². The number of nitrogens with zero attached hydrogens (tertiary/aromatic N) is 1. The summed E-state index contributed by atoms with van der Waals surface area (Å²) < 4.78 is 13.8. The maximum Gasteiger partial charge on any atom is 0.321 e. The second-order valence-electron chi connectivity index (χ2n) is 3.34. The molecule has 17 heavy (non-hydrogen) atoms. The smallest absolute Gasteiger partial charge is 0.321 e. The van der Waals surface area contributed by atoms with Crippen LogP contribution in [-0.2, 0) is 0 Å². The Morgan fingerprint density at radius 1 is 1.59 bits per heavy atom. The number of benzene rings is 1. The van der Waals surface area contributed by atoms with Crippen LogP contribution in [-0.4, -0.2) is 25.4 Å². The molecule has 1 aromatic heterocycles. The van der Waals surface area contributed by atoms with E-state index in [1.807, 2.05) is 6.92 Å². The molecule has 2 aromatic rings. The minimum Gasteiger partial charge on any atom is -0.338 e. The van der Waals surface area contributed by atoms with Crippen LogP contribution in [0.4, 0.5) is 14.3 Å². The normalized spacial score (nSPS) is 10.5. The molecule has 2 N–H and O–H groups in total. The third-order valence-electron chi connectivity index (χ3n) is 2.06. The van der Waals surface area contributed by atoms with Gasteiger partial charge in [-0.05, 0) is 19.1 Å². The van der Waals surface area contributed by atoms with Crippen LogP contribution in [0.3, 0.4) is 0 Å². The summed E-state index contributed by atoms with van der Waals surface area (Å²) in [7, 11) is 5.43. The molecule has 2 radical (unpaired) electrons. The highest BCUT2D eigenvalue weighted by Gasteiger charge is 2.08. The van der Waals surface area contributed by atoms with Crippen LogP contribution in [0.1, 0.15) is 6.92 Å². The van der Waals surface area contributed by atoms with Crippen molar-refractivity contribution in [3.05, 3.63) is 17.9 Å². The van der Waals surface area contributed by atoms with E-state index in [2.05, 4.69) is 15.6 Å². The van der Waals surface area contributed by atoms with Gasteiger partial charge in [0.1, 0.15) is 13.7 Å². The molecule has 4 nitrogen and oxygen atoms in total. The van der Waals surface area contributed by atoms with E-state index in [1.54, 1.807) is 0 Å². The summed E-state index contributed by atoms with van der Waals surface area (Å²) in [6.07, 6.45) is 0. The number of carbonyl (C=O) groups is 1. The Labute approximate surface area is 103 Å². The topological polar surface area (TPSA) is 54.0 Å². The maximum atomic E-state index is 13.2. The van der Waals surface area contributed by atoms with E-state index in [0.29, 0.717) is 21.9 Å². The summed E-state index contributed by atoms with van der Waals surface area (Å²) in [5, 5.41) is 5.56. The number of fused-ring (bicyclic) bond motifs is 1. The van der Waals surface area contributed by atoms with Gasteiger partial charge in [0.25, 0.3) is 0 Å². The molecule has 0 spiro atoms. The Morgan fingerprint density at radius 2 is 2.35 bits per heavy atom. The lowest BCUT2D eigenvalue weighted by atomic mass is 9.95. The van der Waals surface area contributed by atoms with Crippen molar-refractivity contribution in [2.24, 2.45) is 0 Å². The van der Waals surface area contributed by atoms with Crippen LogP contribution in [0.15, 0.2) is 12.1 Å². The van der Waals surface area contributed by atoms with Gasteiger partial charge in [0, 0.05) is 6.54 Å². The van der Waals surface area contributed by atoms with Gasteiger partial charge in [0.15, 0.2) is 5.13 Å². The average molecular weight is 249 g/mol. The molecule has 7 heteroatoms. The zero-order valence-corrected chi connectivity index (χ0v) is 9.90. The molecule has 0 aliphatic heterocycles. The molecule has 0 atom stereocenters. The number of carbonyl (C=O) groups excluding carboxylic acids is 1. The Hall–Kier alpha value is -1.63. The molecule has 86 valence electrons. The van der Waals surface area contributed by atoms with Crippen LogP contribution < -0.4 is 16.1 Å². The zero-order valence-electron chi connectivity index (χ0n) is 9.08. The molecular formula is C10H9BFN3OS. The average Bonchev–Trinajstić information content (AvgIpc) is 2.60. The van der Waals surface area contributed by atoms with Crippen molar-refractivity contribution in [2.45, 2.75) is 6.92 Å². The van der Waals surface area contributed by atoms with Gasteiger partial charge in [-0.25, -0.2) is 14.2 Å². The number of amides is 2. The molecule has 1 aromatic carbocycles. The number of urea groups is 1. The third-order valence-corrected chi connectivity index (χ3v) is 3.00. The SMILES string of the molecule is [B]c1cc2nc(NC(=O)NCC)sc2cc1F. The van der Waals surface area contributed by atoms with Gasteiger partial charge in [0.2, 0.25) is 0 Å². The third kappa shape index (κ3) is 2.55. The predicted octanol–water partition coefficient (Wildman–Crippen LogP) is 1.37. The van der Waals surface area contributed by atoms with Crippen molar-refractivity contribution in [3.8, 4) is 0 Å². The highest BCUT2D eigenvalue weighted by molar-refractivity contribution is 7.22. The largest absolute Gasteiger partial charge is 0.338 e. The van der Waals surface area contributed by atoms with Gasteiger partial charge in [-0.1, -0.05) is 16.8 Å². The number of anilines is 1. The van der Waals surface area contributed by atoms with Gasteiger partial charge < -0.3 is 5.32 Å². The minimum absolute atomic E-state index is 0.0485. The highest BCUT2D eigenvalue weighted by atomic mass is 32.1. The quantitative estimate of drug-likeness (QED) is 0.790. The van der Waals surface area contributed by atoms with Crippen LogP contribution in [0, 0.1) is 5.82 Å². The van der Waals surface area contributed by atoms with Crippen LogP contribution in [0.25, 0.3) is 10.2 Å². The molecular weight excluding hydrogens is 240 g/mol. The molecule has 0 aliphatic carbocycles. The number of thiazole rings is 1. The van der Waals surface area contributed by atoms with Crippen molar-refractivity contribution in [1.82, 2.24) is 10.3 Å². The number of aromatic nitrogens is 1. The minimum atomic E-state index is -0.481. The summed E-state index contributed by atoms with van der Waals surface area (Å²) in [4.78, 5) is 15.4. The lowest BCUT2D eigenvalue weighted by Crippen LogP contribution is -2.28. The Kier molecular flexibility index (Phi) is 3.28. The van der Waals surface area contributed by atoms with Gasteiger partial charge >= 0.3 is 6.03 Å². The number of nitrogens with one attached hydrogen (secondary N) is 2. The van der Waals surface area contributed by atoms with Crippen molar-refractivity contribution in [2.75, 3.05) is 11.9 Å². The van der Waals surface area contributed by atoms with Crippen LogP contribution >= 0.6 is 11.3 Å². The fourth-order valence-corrected chi connectivity index (χ4v) is 2.19. The molecule has 0 unspecified atom stereocenters. The van der Waals surface area contributed by atoms with Crippen molar-refractivity contribution in [3.63, 3.8) is 0 Å². The van der Waals surface area contributed by atoms with Gasteiger partial charge in [-0.15, -0.1) is 0 Å². The lowest BCUT2D eigenvalue weighted by molar-refractivity contribution is 0.252. The monoisotopic (exact) mass is 249 g/mol. The van der Waals surface area contributed by atoms with Crippen molar-refractivity contribution in [1.29, 1.82) is 0 Å². The van der Waals surface area contributed by atoms with Crippen molar-refractivity contribution >= 4 is 46.0 Å². The first-order valence-corrected chi connectivity index (χ1v) is 5.82. The summed E-state index contributed by atoms with van der Waals surface area (Å²) in [6, 6.07) is 2.43. The first kappa shape index (κ1) is 11.8. The summed E-state index contributed by atoms with van der Waals surface area (Å²) >= 11 is 1.20. The maximum absolute atomic E-state index is 13.2. The molecule has 2 amide bonds.